The molecule has 102 valence electrons. The second-order valence-corrected chi connectivity index (χ2v) is 4.50. The largest absolute Gasteiger partial charge is 0.478 e. The molecule has 1 aliphatic heterocycles. The van der Waals surface area contributed by atoms with Crippen LogP contribution in [-0.4, -0.2) is 30.1 Å². The molecular weight excluding hydrogens is 251 g/mol. The number of carboxylic acids is 1. The van der Waals surface area contributed by atoms with E-state index in [1.165, 1.54) is 12.1 Å². The van der Waals surface area contributed by atoms with Gasteiger partial charge in [-0.05, 0) is 31.5 Å². The number of hydrogen-bond donors (Lipinski definition) is 3. The Morgan fingerprint density at radius 2 is 2.21 bits per heavy atom. The molecule has 1 heterocycles. The molecule has 19 heavy (non-hydrogen) atoms. The molecule has 0 aromatic heterocycles. The maximum absolute atomic E-state index is 13.4. The van der Waals surface area contributed by atoms with Crippen LogP contribution in [0.3, 0.4) is 0 Å². The Kier molecular flexibility index (Phi) is 4.11. The van der Waals surface area contributed by atoms with E-state index in [0.29, 0.717) is 6.54 Å². The molecule has 6 heteroatoms. The number of benzene rings is 1. The van der Waals surface area contributed by atoms with Gasteiger partial charge < -0.3 is 15.7 Å². The van der Waals surface area contributed by atoms with Crippen molar-refractivity contribution < 1.29 is 19.1 Å². The van der Waals surface area contributed by atoms with Gasteiger partial charge in [0.1, 0.15) is 11.4 Å². The van der Waals surface area contributed by atoms with Crippen molar-refractivity contribution in [3.63, 3.8) is 0 Å². The van der Waals surface area contributed by atoms with Crippen LogP contribution in [0.1, 0.15) is 23.2 Å². The first-order chi connectivity index (χ1) is 9.09. The van der Waals surface area contributed by atoms with Crippen molar-refractivity contribution in [3.05, 3.63) is 29.6 Å². The third kappa shape index (κ3) is 3.08. The van der Waals surface area contributed by atoms with E-state index < -0.39 is 17.3 Å². The van der Waals surface area contributed by atoms with Gasteiger partial charge >= 0.3 is 5.97 Å². The van der Waals surface area contributed by atoms with Gasteiger partial charge in [-0.3, -0.25) is 4.79 Å². The molecule has 0 unspecified atom stereocenters. The maximum Gasteiger partial charge on any atom is 0.340 e. The van der Waals surface area contributed by atoms with Crippen molar-refractivity contribution in [1.82, 2.24) is 5.32 Å². The molecule has 0 spiro atoms. The molecule has 0 saturated carbocycles. The van der Waals surface area contributed by atoms with Crippen molar-refractivity contribution in [2.45, 2.75) is 12.8 Å². The van der Waals surface area contributed by atoms with Crippen molar-refractivity contribution in [1.29, 1.82) is 0 Å². The number of piperidine rings is 1. The number of rotatable bonds is 3. The Hall–Kier alpha value is -1.95. The van der Waals surface area contributed by atoms with Crippen LogP contribution >= 0.6 is 0 Å². The van der Waals surface area contributed by atoms with E-state index in [2.05, 4.69) is 10.6 Å². The summed E-state index contributed by atoms with van der Waals surface area (Å²) >= 11 is 0. The Bertz CT molecular complexity index is 499. The molecule has 5 nitrogen and oxygen atoms in total. The monoisotopic (exact) mass is 266 g/mol. The molecule has 1 aromatic carbocycles. The SMILES string of the molecule is O=C(O)c1c(F)cccc1NC(=O)[C@H]1CCCNC1. The number of anilines is 1. The van der Waals surface area contributed by atoms with Gasteiger partial charge in [0.15, 0.2) is 0 Å². The molecule has 1 atom stereocenters. The summed E-state index contributed by atoms with van der Waals surface area (Å²) in [6.07, 6.45) is 1.64. The highest BCUT2D eigenvalue weighted by molar-refractivity contribution is 6.01. The summed E-state index contributed by atoms with van der Waals surface area (Å²) in [4.78, 5) is 23.0. The van der Waals surface area contributed by atoms with Gasteiger partial charge in [-0.15, -0.1) is 0 Å². The Balaban J connectivity index is 2.16. The molecule has 0 radical (unpaired) electrons. The zero-order chi connectivity index (χ0) is 13.8. The first-order valence-corrected chi connectivity index (χ1v) is 6.13. The van der Waals surface area contributed by atoms with Crippen LogP contribution in [0.2, 0.25) is 0 Å². The summed E-state index contributed by atoms with van der Waals surface area (Å²) in [5.41, 5.74) is -0.498. The number of carbonyl (C=O) groups excluding carboxylic acids is 1. The standard InChI is InChI=1S/C13H15FN2O3/c14-9-4-1-5-10(11(9)13(18)19)16-12(17)8-3-2-6-15-7-8/h1,4-5,8,15H,2-3,6-7H2,(H,16,17)(H,18,19)/t8-/m0/s1. The summed E-state index contributed by atoms with van der Waals surface area (Å²) in [5, 5.41) is 14.6. The van der Waals surface area contributed by atoms with E-state index in [0.717, 1.165) is 25.5 Å². The third-order valence-corrected chi connectivity index (χ3v) is 3.15. The van der Waals surface area contributed by atoms with Crippen molar-refractivity contribution in [3.8, 4) is 0 Å². The highest BCUT2D eigenvalue weighted by Gasteiger charge is 2.23. The van der Waals surface area contributed by atoms with E-state index >= 15 is 0 Å². The van der Waals surface area contributed by atoms with Crippen LogP contribution in [0, 0.1) is 11.7 Å². The summed E-state index contributed by atoms with van der Waals surface area (Å²) in [6.45, 7) is 1.44. The predicted octanol–water partition coefficient (Wildman–Crippen LogP) is 1.46. The molecule has 2 rings (SSSR count). The number of carbonyl (C=O) groups is 2. The summed E-state index contributed by atoms with van der Waals surface area (Å²) in [5.74, 6) is -2.73. The topological polar surface area (TPSA) is 78.4 Å². The normalized spacial score (nSPS) is 18.9. The van der Waals surface area contributed by atoms with Gasteiger partial charge in [-0.1, -0.05) is 6.07 Å². The van der Waals surface area contributed by atoms with E-state index in [9.17, 15) is 14.0 Å². The summed E-state index contributed by atoms with van der Waals surface area (Å²) in [7, 11) is 0. The fraction of sp³-hybridized carbons (Fsp3) is 0.385. The van der Waals surface area contributed by atoms with Crippen molar-refractivity contribution >= 4 is 17.6 Å². The molecule has 1 saturated heterocycles. The van der Waals surface area contributed by atoms with Crippen molar-refractivity contribution in [2.24, 2.45) is 5.92 Å². The second kappa shape index (κ2) is 5.79. The third-order valence-electron chi connectivity index (χ3n) is 3.15. The minimum absolute atomic E-state index is 0.00285. The number of nitrogens with one attached hydrogen (secondary N) is 2. The average Bonchev–Trinajstić information content (AvgIpc) is 2.39. The number of carboxylic acid groups (broad SMARTS) is 1. The van der Waals surface area contributed by atoms with Gasteiger partial charge in [0.2, 0.25) is 5.91 Å². The summed E-state index contributed by atoms with van der Waals surface area (Å²) < 4.78 is 13.4. The maximum atomic E-state index is 13.4. The van der Waals surface area contributed by atoms with Crippen LogP contribution in [0.25, 0.3) is 0 Å². The minimum atomic E-state index is -1.39. The van der Waals surface area contributed by atoms with E-state index in [1.54, 1.807) is 0 Å². The summed E-state index contributed by atoms with van der Waals surface area (Å²) in [6, 6.07) is 3.82. The van der Waals surface area contributed by atoms with Crippen LogP contribution in [0.4, 0.5) is 10.1 Å². The minimum Gasteiger partial charge on any atom is -0.478 e. The molecule has 1 fully saturated rings. The lowest BCUT2D eigenvalue weighted by atomic mass is 9.98. The van der Waals surface area contributed by atoms with Crippen LogP contribution in [-0.2, 0) is 4.79 Å². The van der Waals surface area contributed by atoms with Gasteiger partial charge in [-0.2, -0.15) is 0 Å². The molecule has 0 aliphatic carbocycles. The highest BCUT2D eigenvalue weighted by Crippen LogP contribution is 2.21. The highest BCUT2D eigenvalue weighted by atomic mass is 19.1. The lowest BCUT2D eigenvalue weighted by Crippen LogP contribution is -2.37. The first kappa shape index (κ1) is 13.5. The van der Waals surface area contributed by atoms with E-state index in [1.807, 2.05) is 0 Å². The van der Waals surface area contributed by atoms with Gasteiger partial charge in [0.05, 0.1) is 11.6 Å². The number of halogens is 1. The lowest BCUT2D eigenvalue weighted by Gasteiger charge is -2.22. The number of hydrogen-bond acceptors (Lipinski definition) is 3. The van der Waals surface area contributed by atoms with Gasteiger partial charge in [-0.25, -0.2) is 9.18 Å². The van der Waals surface area contributed by atoms with Crippen LogP contribution < -0.4 is 10.6 Å². The Morgan fingerprint density at radius 1 is 1.42 bits per heavy atom. The zero-order valence-electron chi connectivity index (χ0n) is 10.3. The van der Waals surface area contributed by atoms with Crippen molar-refractivity contribution in [2.75, 3.05) is 18.4 Å². The smallest absolute Gasteiger partial charge is 0.340 e. The lowest BCUT2D eigenvalue weighted by molar-refractivity contribution is -0.120. The number of amides is 1. The average molecular weight is 266 g/mol. The fourth-order valence-corrected chi connectivity index (χ4v) is 2.16. The number of aromatic carboxylic acids is 1. The van der Waals surface area contributed by atoms with Crippen LogP contribution in [0.15, 0.2) is 18.2 Å². The molecule has 0 bridgehead atoms. The van der Waals surface area contributed by atoms with E-state index in [4.69, 9.17) is 5.11 Å². The quantitative estimate of drug-likeness (QED) is 0.774. The molecule has 1 aromatic rings. The molecule has 1 amide bonds. The molecule has 1 aliphatic rings. The van der Waals surface area contributed by atoms with Crippen LogP contribution in [0.5, 0.6) is 0 Å². The Labute approximate surface area is 109 Å². The molecular formula is C13H15FN2O3. The second-order valence-electron chi connectivity index (χ2n) is 4.50. The Morgan fingerprint density at radius 3 is 2.84 bits per heavy atom. The molecule has 3 N–H and O–H groups in total. The zero-order valence-corrected chi connectivity index (χ0v) is 10.3. The van der Waals surface area contributed by atoms with E-state index in [-0.39, 0.29) is 17.5 Å². The van der Waals surface area contributed by atoms with Gasteiger partial charge in [0, 0.05) is 6.54 Å². The fourth-order valence-electron chi connectivity index (χ4n) is 2.16. The first-order valence-electron chi connectivity index (χ1n) is 6.13. The van der Waals surface area contributed by atoms with Gasteiger partial charge in [0.25, 0.3) is 0 Å². The predicted molar refractivity (Wildman–Crippen MR) is 67.6 cm³/mol.